The minimum atomic E-state index is -1.33. The highest BCUT2D eigenvalue weighted by atomic mass is 35.5. The monoisotopic (exact) mass is 297 g/mol. The molecule has 0 spiro atoms. The number of carbonyl (C=O) groups is 2. The highest BCUT2D eigenvalue weighted by Crippen LogP contribution is 2.41. The van der Waals surface area contributed by atoms with Crippen LogP contribution in [0.15, 0.2) is 12.3 Å². The van der Waals surface area contributed by atoms with Crippen LogP contribution in [0.3, 0.4) is 0 Å². The van der Waals surface area contributed by atoms with Crippen molar-refractivity contribution in [2.75, 3.05) is 13.2 Å². The summed E-state index contributed by atoms with van der Waals surface area (Å²) < 4.78 is 10.1. The first-order valence-electron chi connectivity index (χ1n) is 6.52. The van der Waals surface area contributed by atoms with Gasteiger partial charge >= 0.3 is 11.9 Å². The number of halogens is 1. The van der Waals surface area contributed by atoms with Gasteiger partial charge in [-0.1, -0.05) is 11.6 Å². The molecule has 0 saturated heterocycles. The van der Waals surface area contributed by atoms with Crippen molar-refractivity contribution >= 4 is 23.5 Å². The Balaban J connectivity index is 2.40. The SMILES string of the molecule is CCOC(=O)C1(C(=O)OCC)Cc2ccnc(Cl)c2C1. The summed E-state index contributed by atoms with van der Waals surface area (Å²) in [5.41, 5.74) is 0.225. The lowest BCUT2D eigenvalue weighted by atomic mass is 9.85. The Hall–Kier alpha value is -1.62. The van der Waals surface area contributed by atoms with Gasteiger partial charge in [-0.25, -0.2) is 4.98 Å². The summed E-state index contributed by atoms with van der Waals surface area (Å²) in [5.74, 6) is -1.13. The third-order valence-corrected chi connectivity index (χ3v) is 3.73. The van der Waals surface area contributed by atoms with Crippen molar-refractivity contribution in [2.24, 2.45) is 5.41 Å². The van der Waals surface area contributed by atoms with E-state index in [0.717, 1.165) is 11.1 Å². The van der Waals surface area contributed by atoms with E-state index in [1.807, 2.05) is 0 Å². The van der Waals surface area contributed by atoms with E-state index >= 15 is 0 Å². The van der Waals surface area contributed by atoms with Crippen LogP contribution in [0.4, 0.5) is 0 Å². The Bertz CT molecular complexity index is 526. The molecule has 1 aliphatic carbocycles. The second kappa shape index (κ2) is 5.79. The molecular formula is C14H16ClNO4. The maximum atomic E-state index is 12.3. The fraction of sp³-hybridized carbons (Fsp3) is 0.500. The quantitative estimate of drug-likeness (QED) is 0.483. The maximum absolute atomic E-state index is 12.3. The summed E-state index contributed by atoms with van der Waals surface area (Å²) >= 11 is 6.05. The summed E-state index contributed by atoms with van der Waals surface area (Å²) in [7, 11) is 0. The second-order valence-corrected chi connectivity index (χ2v) is 4.97. The third kappa shape index (κ3) is 2.38. The molecule has 0 atom stereocenters. The van der Waals surface area contributed by atoms with Gasteiger partial charge in [-0.15, -0.1) is 0 Å². The number of aromatic nitrogens is 1. The molecule has 1 aromatic rings. The summed E-state index contributed by atoms with van der Waals surface area (Å²) in [4.78, 5) is 28.5. The third-order valence-electron chi connectivity index (χ3n) is 3.40. The van der Waals surface area contributed by atoms with E-state index < -0.39 is 17.4 Å². The molecule has 1 aliphatic rings. The van der Waals surface area contributed by atoms with Crippen LogP contribution in [0.5, 0.6) is 0 Å². The zero-order chi connectivity index (χ0) is 14.8. The van der Waals surface area contributed by atoms with Crippen molar-refractivity contribution in [2.45, 2.75) is 26.7 Å². The van der Waals surface area contributed by atoms with Crippen LogP contribution in [0.2, 0.25) is 5.15 Å². The fourth-order valence-electron chi connectivity index (χ4n) is 2.46. The number of hydrogen-bond acceptors (Lipinski definition) is 5. The maximum Gasteiger partial charge on any atom is 0.324 e. The molecule has 0 aromatic carbocycles. The molecule has 0 radical (unpaired) electrons. The average molecular weight is 298 g/mol. The van der Waals surface area contributed by atoms with Crippen LogP contribution in [0.25, 0.3) is 0 Å². The molecule has 20 heavy (non-hydrogen) atoms. The number of ether oxygens (including phenoxy) is 2. The van der Waals surface area contributed by atoms with Crippen molar-refractivity contribution in [1.82, 2.24) is 4.98 Å². The minimum Gasteiger partial charge on any atom is -0.465 e. The van der Waals surface area contributed by atoms with Crippen LogP contribution in [0.1, 0.15) is 25.0 Å². The molecule has 0 fully saturated rings. The van der Waals surface area contributed by atoms with E-state index in [2.05, 4.69) is 4.98 Å². The van der Waals surface area contributed by atoms with Gasteiger partial charge < -0.3 is 9.47 Å². The first kappa shape index (κ1) is 14.8. The summed E-state index contributed by atoms with van der Waals surface area (Å²) in [6.45, 7) is 3.82. The molecular weight excluding hydrogens is 282 g/mol. The lowest BCUT2D eigenvalue weighted by Gasteiger charge is -2.23. The predicted molar refractivity (Wildman–Crippen MR) is 72.4 cm³/mol. The van der Waals surface area contributed by atoms with E-state index in [0.29, 0.717) is 5.15 Å². The first-order valence-corrected chi connectivity index (χ1v) is 6.89. The lowest BCUT2D eigenvalue weighted by molar-refractivity contribution is -0.171. The van der Waals surface area contributed by atoms with Crippen molar-refractivity contribution in [3.8, 4) is 0 Å². The lowest BCUT2D eigenvalue weighted by Crippen LogP contribution is -2.43. The van der Waals surface area contributed by atoms with E-state index in [-0.39, 0.29) is 26.1 Å². The number of esters is 2. The number of fused-ring (bicyclic) bond motifs is 1. The molecule has 1 heterocycles. The Morgan fingerprint density at radius 1 is 1.25 bits per heavy atom. The number of rotatable bonds is 4. The molecule has 0 aliphatic heterocycles. The first-order chi connectivity index (χ1) is 9.55. The topological polar surface area (TPSA) is 65.5 Å². The molecule has 108 valence electrons. The Morgan fingerprint density at radius 2 is 1.85 bits per heavy atom. The molecule has 0 saturated carbocycles. The fourth-order valence-corrected chi connectivity index (χ4v) is 2.70. The van der Waals surface area contributed by atoms with E-state index in [1.54, 1.807) is 26.1 Å². The largest absolute Gasteiger partial charge is 0.465 e. The molecule has 6 heteroatoms. The van der Waals surface area contributed by atoms with Crippen LogP contribution in [-0.4, -0.2) is 30.1 Å². The second-order valence-electron chi connectivity index (χ2n) is 4.62. The number of carbonyl (C=O) groups excluding carboxylic acids is 2. The zero-order valence-electron chi connectivity index (χ0n) is 11.4. The Labute approximate surface area is 122 Å². The van der Waals surface area contributed by atoms with Crippen molar-refractivity contribution in [3.63, 3.8) is 0 Å². The number of nitrogens with zero attached hydrogens (tertiary/aromatic N) is 1. The van der Waals surface area contributed by atoms with Gasteiger partial charge in [0.15, 0.2) is 5.41 Å². The molecule has 1 aromatic heterocycles. The van der Waals surface area contributed by atoms with Gasteiger partial charge in [0.25, 0.3) is 0 Å². The standard InChI is InChI=1S/C14H16ClNO4/c1-3-19-12(17)14(13(18)20-4-2)7-9-5-6-16-11(15)10(9)8-14/h5-6H,3-4,7-8H2,1-2H3. The molecule has 5 nitrogen and oxygen atoms in total. The van der Waals surface area contributed by atoms with E-state index in [1.165, 1.54) is 0 Å². The highest BCUT2D eigenvalue weighted by Gasteiger charge is 2.53. The Morgan fingerprint density at radius 3 is 2.35 bits per heavy atom. The zero-order valence-corrected chi connectivity index (χ0v) is 12.2. The average Bonchev–Trinajstić information content (AvgIpc) is 2.82. The van der Waals surface area contributed by atoms with Gasteiger partial charge in [0.2, 0.25) is 0 Å². The molecule has 0 bridgehead atoms. The van der Waals surface area contributed by atoms with Crippen LogP contribution >= 0.6 is 11.6 Å². The molecule has 0 amide bonds. The number of hydrogen-bond donors (Lipinski definition) is 0. The van der Waals surface area contributed by atoms with Crippen LogP contribution in [-0.2, 0) is 31.9 Å². The highest BCUT2D eigenvalue weighted by molar-refractivity contribution is 6.30. The summed E-state index contributed by atoms with van der Waals surface area (Å²) in [6.07, 6.45) is 1.97. The van der Waals surface area contributed by atoms with E-state index in [9.17, 15) is 9.59 Å². The molecule has 0 unspecified atom stereocenters. The van der Waals surface area contributed by atoms with Gasteiger partial charge in [0.1, 0.15) is 5.15 Å². The molecule has 2 rings (SSSR count). The summed E-state index contributed by atoms with van der Waals surface area (Å²) in [5, 5.41) is 0.318. The van der Waals surface area contributed by atoms with Gasteiger partial charge in [0.05, 0.1) is 13.2 Å². The Kier molecular flexibility index (Phi) is 4.28. The molecule has 0 N–H and O–H groups in total. The van der Waals surface area contributed by atoms with Gasteiger partial charge in [0, 0.05) is 12.6 Å². The normalized spacial score (nSPS) is 15.6. The van der Waals surface area contributed by atoms with Crippen LogP contribution < -0.4 is 0 Å². The van der Waals surface area contributed by atoms with Gasteiger partial charge in [-0.2, -0.15) is 0 Å². The smallest absolute Gasteiger partial charge is 0.324 e. The number of pyridine rings is 1. The van der Waals surface area contributed by atoms with Gasteiger partial charge in [-0.3, -0.25) is 9.59 Å². The minimum absolute atomic E-state index is 0.173. The summed E-state index contributed by atoms with van der Waals surface area (Å²) in [6, 6.07) is 1.77. The van der Waals surface area contributed by atoms with E-state index in [4.69, 9.17) is 21.1 Å². The van der Waals surface area contributed by atoms with Crippen LogP contribution in [0, 0.1) is 5.41 Å². The van der Waals surface area contributed by atoms with Crippen molar-refractivity contribution in [1.29, 1.82) is 0 Å². The van der Waals surface area contributed by atoms with Crippen molar-refractivity contribution in [3.05, 3.63) is 28.5 Å². The predicted octanol–water partition coefficient (Wildman–Crippen LogP) is 1.95. The van der Waals surface area contributed by atoms with Gasteiger partial charge in [-0.05, 0) is 37.5 Å². The van der Waals surface area contributed by atoms with Crippen molar-refractivity contribution < 1.29 is 19.1 Å².